The number of hydrogen-bond donors (Lipinski definition) is 2. The molecule has 4 heteroatoms. The summed E-state index contributed by atoms with van der Waals surface area (Å²) < 4.78 is 5.64. The molecule has 0 aromatic carbocycles. The van der Waals surface area contributed by atoms with Gasteiger partial charge in [-0.15, -0.1) is 0 Å². The van der Waals surface area contributed by atoms with E-state index in [1.165, 1.54) is 0 Å². The predicted octanol–water partition coefficient (Wildman–Crippen LogP) is 1.29. The Morgan fingerprint density at radius 3 is 2.59 bits per heavy atom. The van der Waals surface area contributed by atoms with Gasteiger partial charge in [-0.1, -0.05) is 20.8 Å². The first-order valence-electron chi connectivity index (χ1n) is 6.59. The summed E-state index contributed by atoms with van der Waals surface area (Å²) in [6.07, 6.45) is 1.97. The van der Waals surface area contributed by atoms with Gasteiger partial charge in [-0.2, -0.15) is 0 Å². The van der Waals surface area contributed by atoms with Gasteiger partial charge in [-0.3, -0.25) is 4.79 Å². The van der Waals surface area contributed by atoms with Crippen LogP contribution in [0, 0.1) is 11.3 Å². The molecule has 0 heterocycles. The molecule has 1 rings (SSSR count). The first-order valence-corrected chi connectivity index (χ1v) is 6.59. The molecule has 17 heavy (non-hydrogen) atoms. The van der Waals surface area contributed by atoms with E-state index < -0.39 is 0 Å². The van der Waals surface area contributed by atoms with E-state index in [1.807, 2.05) is 13.8 Å². The van der Waals surface area contributed by atoms with Crippen molar-refractivity contribution in [2.24, 2.45) is 17.1 Å². The third-order valence-electron chi connectivity index (χ3n) is 4.01. The summed E-state index contributed by atoms with van der Waals surface area (Å²) in [5.74, 6) is 0.0277. The van der Waals surface area contributed by atoms with Crippen molar-refractivity contribution in [1.82, 2.24) is 5.32 Å². The van der Waals surface area contributed by atoms with Gasteiger partial charge in [-0.25, -0.2) is 0 Å². The Hall–Kier alpha value is -0.610. The number of amides is 1. The van der Waals surface area contributed by atoms with E-state index >= 15 is 0 Å². The minimum absolute atomic E-state index is 0.0263. The molecule has 0 radical (unpaired) electrons. The lowest BCUT2D eigenvalue weighted by Gasteiger charge is -2.51. The van der Waals surface area contributed by atoms with Crippen LogP contribution >= 0.6 is 0 Å². The third kappa shape index (κ3) is 2.99. The molecule has 0 bridgehead atoms. The molecule has 1 aliphatic rings. The highest BCUT2D eigenvalue weighted by molar-refractivity contribution is 5.79. The van der Waals surface area contributed by atoms with Crippen LogP contribution in [0.4, 0.5) is 0 Å². The van der Waals surface area contributed by atoms with E-state index in [2.05, 4.69) is 19.2 Å². The molecule has 1 amide bonds. The van der Waals surface area contributed by atoms with Gasteiger partial charge in [0.05, 0.1) is 6.10 Å². The second kappa shape index (κ2) is 5.83. The fourth-order valence-electron chi connectivity index (χ4n) is 2.36. The van der Waals surface area contributed by atoms with Crippen molar-refractivity contribution in [2.75, 3.05) is 13.2 Å². The van der Waals surface area contributed by atoms with Crippen LogP contribution in [0.2, 0.25) is 0 Å². The number of carbonyl (C=O) groups excluding carboxylic acids is 1. The smallest absolute Gasteiger partial charge is 0.224 e. The number of carbonyl (C=O) groups is 1. The number of nitrogens with two attached hydrogens (primary N) is 1. The van der Waals surface area contributed by atoms with E-state index in [9.17, 15) is 4.79 Å². The number of ether oxygens (including phenoxy) is 1. The minimum atomic E-state index is -0.0584. The third-order valence-corrected chi connectivity index (χ3v) is 4.01. The van der Waals surface area contributed by atoms with Gasteiger partial charge in [0.1, 0.15) is 0 Å². The zero-order valence-electron chi connectivity index (χ0n) is 11.5. The van der Waals surface area contributed by atoms with E-state index in [-0.39, 0.29) is 29.4 Å². The Bertz CT molecular complexity index is 262. The van der Waals surface area contributed by atoms with Crippen LogP contribution in [0.15, 0.2) is 0 Å². The van der Waals surface area contributed by atoms with E-state index in [0.29, 0.717) is 6.54 Å². The van der Waals surface area contributed by atoms with Gasteiger partial charge < -0.3 is 15.8 Å². The molecule has 0 aromatic rings. The van der Waals surface area contributed by atoms with Crippen molar-refractivity contribution in [3.63, 3.8) is 0 Å². The van der Waals surface area contributed by atoms with Gasteiger partial charge in [-0.05, 0) is 19.8 Å². The monoisotopic (exact) mass is 242 g/mol. The average Bonchev–Trinajstić information content (AvgIpc) is 2.29. The van der Waals surface area contributed by atoms with Crippen molar-refractivity contribution in [3.05, 3.63) is 0 Å². The fourth-order valence-corrected chi connectivity index (χ4v) is 2.36. The highest BCUT2D eigenvalue weighted by Crippen LogP contribution is 2.42. The molecule has 0 aromatic heterocycles. The van der Waals surface area contributed by atoms with Crippen LogP contribution in [0.25, 0.3) is 0 Å². The maximum atomic E-state index is 11.9. The summed E-state index contributed by atoms with van der Waals surface area (Å²) in [4.78, 5) is 11.9. The van der Waals surface area contributed by atoms with Crippen LogP contribution in [0.3, 0.4) is 0 Å². The SMILES string of the molecule is CCOC1CC(NC(=O)C(CC)CN)C1(C)C. The molecular formula is C13H26N2O2. The highest BCUT2D eigenvalue weighted by Gasteiger charge is 2.49. The van der Waals surface area contributed by atoms with Crippen molar-refractivity contribution in [1.29, 1.82) is 0 Å². The molecule has 0 saturated heterocycles. The lowest BCUT2D eigenvalue weighted by Crippen LogP contribution is -2.62. The Balaban J connectivity index is 2.47. The molecule has 3 atom stereocenters. The van der Waals surface area contributed by atoms with E-state index in [1.54, 1.807) is 0 Å². The van der Waals surface area contributed by atoms with Crippen molar-refractivity contribution >= 4 is 5.91 Å². The van der Waals surface area contributed by atoms with Crippen LogP contribution in [-0.2, 0) is 9.53 Å². The Morgan fingerprint density at radius 2 is 2.18 bits per heavy atom. The quantitative estimate of drug-likeness (QED) is 0.737. The van der Waals surface area contributed by atoms with Crippen LogP contribution < -0.4 is 11.1 Å². The Morgan fingerprint density at radius 1 is 1.53 bits per heavy atom. The summed E-state index contributed by atoms with van der Waals surface area (Å²) in [6, 6.07) is 0.215. The maximum absolute atomic E-state index is 11.9. The standard InChI is InChI=1S/C13H26N2O2/c1-5-9(8-14)12(16)15-10-7-11(17-6-2)13(10,3)4/h9-11H,5-8,14H2,1-4H3,(H,15,16). The number of hydrogen-bond acceptors (Lipinski definition) is 3. The molecule has 1 aliphatic carbocycles. The first kappa shape index (κ1) is 14.5. The topological polar surface area (TPSA) is 64.3 Å². The molecule has 0 aliphatic heterocycles. The summed E-state index contributed by atoms with van der Waals surface area (Å²) >= 11 is 0. The van der Waals surface area contributed by atoms with E-state index in [4.69, 9.17) is 10.5 Å². The molecule has 0 spiro atoms. The van der Waals surface area contributed by atoms with Crippen LogP contribution in [0.1, 0.15) is 40.5 Å². The summed E-state index contributed by atoms with van der Waals surface area (Å²) in [5.41, 5.74) is 5.60. The molecule has 4 nitrogen and oxygen atoms in total. The van der Waals surface area contributed by atoms with Crippen molar-refractivity contribution in [3.8, 4) is 0 Å². The normalized spacial score (nSPS) is 28.3. The molecule has 3 unspecified atom stereocenters. The van der Waals surface area contributed by atoms with Crippen LogP contribution in [0.5, 0.6) is 0 Å². The second-order valence-corrected chi connectivity index (χ2v) is 5.40. The largest absolute Gasteiger partial charge is 0.378 e. The summed E-state index contributed by atoms with van der Waals surface area (Å²) in [6.45, 7) is 9.44. The lowest BCUT2D eigenvalue weighted by molar-refractivity contribution is -0.139. The van der Waals surface area contributed by atoms with Crippen molar-refractivity contribution in [2.45, 2.75) is 52.7 Å². The summed E-state index contributed by atoms with van der Waals surface area (Å²) in [5, 5.41) is 3.10. The lowest BCUT2D eigenvalue weighted by atomic mass is 9.64. The molecule has 3 N–H and O–H groups in total. The molecule has 1 saturated carbocycles. The molecule has 100 valence electrons. The van der Waals surface area contributed by atoms with Gasteiger partial charge in [0.15, 0.2) is 0 Å². The van der Waals surface area contributed by atoms with Crippen LogP contribution in [-0.4, -0.2) is 31.2 Å². The van der Waals surface area contributed by atoms with Gasteiger partial charge >= 0.3 is 0 Å². The maximum Gasteiger partial charge on any atom is 0.224 e. The average molecular weight is 242 g/mol. The van der Waals surface area contributed by atoms with Gasteiger partial charge in [0.2, 0.25) is 5.91 Å². The zero-order valence-corrected chi connectivity index (χ0v) is 11.5. The first-order chi connectivity index (χ1) is 7.97. The predicted molar refractivity (Wildman–Crippen MR) is 68.6 cm³/mol. The van der Waals surface area contributed by atoms with Gasteiger partial charge in [0.25, 0.3) is 0 Å². The molecule has 1 fully saturated rings. The minimum Gasteiger partial charge on any atom is -0.378 e. The number of nitrogens with one attached hydrogen (secondary N) is 1. The van der Waals surface area contributed by atoms with E-state index in [0.717, 1.165) is 19.4 Å². The highest BCUT2D eigenvalue weighted by atomic mass is 16.5. The Labute approximate surface area is 104 Å². The Kier molecular flexibility index (Phi) is 4.95. The molecular weight excluding hydrogens is 216 g/mol. The second-order valence-electron chi connectivity index (χ2n) is 5.40. The van der Waals surface area contributed by atoms with Gasteiger partial charge in [0, 0.05) is 30.5 Å². The number of rotatable bonds is 6. The summed E-state index contributed by atoms with van der Waals surface area (Å²) in [7, 11) is 0. The van der Waals surface area contributed by atoms with Crippen molar-refractivity contribution < 1.29 is 9.53 Å². The fraction of sp³-hybridized carbons (Fsp3) is 0.923. The zero-order chi connectivity index (χ0) is 13.1.